The Bertz CT molecular complexity index is 1200. The van der Waals surface area contributed by atoms with Gasteiger partial charge in [0.15, 0.2) is 11.5 Å². The van der Waals surface area contributed by atoms with Crippen LogP contribution in [-0.2, 0) is 17.8 Å². The number of unbranched alkanes of at least 4 members (excludes halogenated alkanes) is 2. The molecule has 2 heterocycles. The molecule has 0 radical (unpaired) electrons. The number of halogens is 1. The smallest absolute Gasteiger partial charge is 0.324 e. The Kier molecular flexibility index (Phi) is 10.7. The van der Waals surface area contributed by atoms with Gasteiger partial charge < -0.3 is 29.3 Å². The highest BCUT2D eigenvalue weighted by atomic mass is 19.1. The summed E-state index contributed by atoms with van der Waals surface area (Å²) in [6.45, 7) is 5.18. The number of carbonyl (C=O) groups excluding carboxylic acids is 2. The summed E-state index contributed by atoms with van der Waals surface area (Å²) >= 11 is 0. The Labute approximate surface area is 242 Å². The molecular formula is C31H43FN4O5. The van der Waals surface area contributed by atoms with E-state index in [0.717, 1.165) is 42.5 Å². The van der Waals surface area contributed by atoms with Crippen molar-refractivity contribution >= 4 is 17.6 Å². The molecule has 0 aliphatic carbocycles. The van der Waals surface area contributed by atoms with Crippen molar-refractivity contribution in [3.63, 3.8) is 0 Å². The molecule has 2 saturated heterocycles. The molecule has 224 valence electrons. The Morgan fingerprint density at radius 1 is 1.02 bits per heavy atom. The minimum atomic E-state index is -1.06. The summed E-state index contributed by atoms with van der Waals surface area (Å²) in [6, 6.07) is 10.6. The second kappa shape index (κ2) is 14.4. The predicted molar refractivity (Wildman–Crippen MR) is 157 cm³/mol. The van der Waals surface area contributed by atoms with E-state index in [1.54, 1.807) is 24.0 Å². The zero-order chi connectivity index (χ0) is 29.4. The normalized spacial score (nSPS) is 19.4. The highest BCUT2D eigenvalue weighted by molar-refractivity contribution is 5.93. The molecule has 0 saturated carbocycles. The van der Waals surface area contributed by atoms with Gasteiger partial charge in [0.25, 0.3) is 0 Å². The number of alkyl halides is 1. The highest BCUT2D eigenvalue weighted by Gasteiger charge is 2.32. The molecule has 3 amide bonds. The summed E-state index contributed by atoms with van der Waals surface area (Å²) in [7, 11) is 5.03. The van der Waals surface area contributed by atoms with Gasteiger partial charge in [-0.25, -0.2) is 9.18 Å². The Morgan fingerprint density at radius 2 is 1.83 bits per heavy atom. The standard InChI is InChI=1S/C31H43FN4O5/c1-5-6-7-15-41-29-18-24(11-12-27(29)39-3)36-14-8-13-35(31(36)38)19-23-10-9-22(16-28(23)40-4)17-30(37)33-26-21-34(2)20-25(26)32/h9-12,16,18,25-26H,5-8,13-15,17,19-21H2,1-4H3,(H,33,37)/t25-,26?/m1/s1. The molecule has 2 aromatic carbocycles. The van der Waals surface area contributed by atoms with Crippen molar-refractivity contribution < 1.29 is 28.2 Å². The molecule has 2 aromatic rings. The summed E-state index contributed by atoms with van der Waals surface area (Å²) in [4.78, 5) is 31.6. The number of anilines is 1. The van der Waals surface area contributed by atoms with Crippen molar-refractivity contribution in [1.29, 1.82) is 0 Å². The fraction of sp³-hybridized carbons (Fsp3) is 0.548. The third kappa shape index (κ3) is 7.81. The monoisotopic (exact) mass is 570 g/mol. The third-order valence-electron chi connectivity index (χ3n) is 7.63. The van der Waals surface area contributed by atoms with Crippen molar-refractivity contribution in [3.05, 3.63) is 47.5 Å². The number of likely N-dealkylation sites (N-methyl/N-ethyl adjacent to an activating group) is 1. The van der Waals surface area contributed by atoms with E-state index in [2.05, 4.69) is 12.2 Å². The van der Waals surface area contributed by atoms with Crippen LogP contribution in [0.4, 0.5) is 14.9 Å². The molecule has 2 fully saturated rings. The minimum Gasteiger partial charge on any atom is -0.496 e. The summed E-state index contributed by atoms with van der Waals surface area (Å²) in [5, 5.41) is 2.81. The van der Waals surface area contributed by atoms with E-state index in [-0.39, 0.29) is 18.4 Å². The molecular weight excluding hydrogens is 527 g/mol. The van der Waals surface area contributed by atoms with Crippen LogP contribution < -0.4 is 24.4 Å². The lowest BCUT2D eigenvalue weighted by molar-refractivity contribution is -0.121. The van der Waals surface area contributed by atoms with E-state index in [1.165, 1.54) is 0 Å². The first-order valence-electron chi connectivity index (χ1n) is 14.5. The molecule has 9 nitrogen and oxygen atoms in total. The summed E-state index contributed by atoms with van der Waals surface area (Å²) in [5.41, 5.74) is 2.38. The third-order valence-corrected chi connectivity index (χ3v) is 7.63. The summed E-state index contributed by atoms with van der Waals surface area (Å²) in [6.07, 6.45) is 3.04. The molecule has 2 atom stereocenters. The summed E-state index contributed by atoms with van der Waals surface area (Å²) < 4.78 is 31.2. The van der Waals surface area contributed by atoms with Gasteiger partial charge in [-0.05, 0) is 43.7 Å². The number of nitrogens with one attached hydrogen (secondary N) is 1. The average Bonchev–Trinajstić information content (AvgIpc) is 3.28. The number of likely N-dealkylation sites (tertiary alicyclic amines) is 1. The SMILES string of the molecule is CCCCCOc1cc(N2CCCN(Cc3ccc(CC(=O)NC4CN(C)C[C@H]4F)cc3OC)C2=O)ccc1OC. The lowest BCUT2D eigenvalue weighted by Crippen LogP contribution is -2.49. The van der Waals surface area contributed by atoms with Gasteiger partial charge in [0.05, 0.1) is 39.8 Å². The predicted octanol–water partition coefficient (Wildman–Crippen LogP) is 4.42. The van der Waals surface area contributed by atoms with E-state index in [1.807, 2.05) is 48.3 Å². The Hall–Kier alpha value is -3.53. The quantitative estimate of drug-likeness (QED) is 0.359. The number of rotatable bonds is 13. The lowest BCUT2D eigenvalue weighted by Gasteiger charge is -2.36. The number of methoxy groups -OCH3 is 2. The number of ether oxygens (including phenoxy) is 3. The zero-order valence-electron chi connectivity index (χ0n) is 24.7. The van der Waals surface area contributed by atoms with Crippen LogP contribution in [-0.4, -0.2) is 88.0 Å². The van der Waals surface area contributed by atoms with Gasteiger partial charge in [-0.2, -0.15) is 0 Å². The number of carbonyl (C=O) groups is 2. The lowest BCUT2D eigenvalue weighted by atomic mass is 10.1. The largest absolute Gasteiger partial charge is 0.496 e. The van der Waals surface area contributed by atoms with Crippen molar-refractivity contribution in [2.75, 3.05) is 59.0 Å². The van der Waals surface area contributed by atoms with Crippen molar-refractivity contribution in [1.82, 2.24) is 15.1 Å². The second-order valence-corrected chi connectivity index (χ2v) is 10.8. The first-order chi connectivity index (χ1) is 19.8. The molecule has 0 spiro atoms. The number of hydrogen-bond acceptors (Lipinski definition) is 6. The maximum Gasteiger partial charge on any atom is 0.324 e. The van der Waals surface area contributed by atoms with Crippen LogP contribution in [0.25, 0.3) is 0 Å². The van der Waals surface area contributed by atoms with Gasteiger partial charge in [-0.3, -0.25) is 9.69 Å². The number of nitrogens with zero attached hydrogens (tertiary/aromatic N) is 3. The van der Waals surface area contributed by atoms with Crippen LogP contribution >= 0.6 is 0 Å². The molecule has 0 aromatic heterocycles. The van der Waals surface area contributed by atoms with Gasteiger partial charge in [0.1, 0.15) is 11.9 Å². The molecule has 0 bridgehead atoms. The molecule has 1 unspecified atom stereocenters. The van der Waals surface area contributed by atoms with Crippen LogP contribution in [0.5, 0.6) is 17.2 Å². The van der Waals surface area contributed by atoms with Gasteiger partial charge in [0, 0.05) is 43.5 Å². The van der Waals surface area contributed by atoms with Crippen LogP contribution in [0.3, 0.4) is 0 Å². The topological polar surface area (TPSA) is 83.6 Å². The minimum absolute atomic E-state index is 0.0915. The van der Waals surface area contributed by atoms with Crippen molar-refractivity contribution in [3.8, 4) is 17.2 Å². The molecule has 1 N–H and O–H groups in total. The van der Waals surface area contributed by atoms with E-state index >= 15 is 0 Å². The first-order valence-corrected chi connectivity index (χ1v) is 14.5. The molecule has 2 aliphatic heterocycles. The zero-order valence-corrected chi connectivity index (χ0v) is 24.7. The fourth-order valence-corrected chi connectivity index (χ4v) is 5.41. The Balaban J connectivity index is 1.41. The molecule has 41 heavy (non-hydrogen) atoms. The molecule has 10 heteroatoms. The van der Waals surface area contributed by atoms with E-state index in [4.69, 9.17) is 14.2 Å². The Morgan fingerprint density at radius 3 is 2.54 bits per heavy atom. The van der Waals surface area contributed by atoms with Crippen LogP contribution in [0.2, 0.25) is 0 Å². The van der Waals surface area contributed by atoms with Gasteiger partial charge in [-0.15, -0.1) is 0 Å². The highest BCUT2D eigenvalue weighted by Crippen LogP contribution is 2.34. The number of amides is 3. The number of urea groups is 1. The first kappa shape index (κ1) is 30.4. The van der Waals surface area contributed by atoms with Crippen molar-refractivity contribution in [2.45, 2.75) is 57.8 Å². The summed E-state index contributed by atoms with van der Waals surface area (Å²) in [5.74, 6) is 1.66. The average molecular weight is 571 g/mol. The van der Waals surface area contributed by atoms with Crippen LogP contribution in [0.1, 0.15) is 43.7 Å². The van der Waals surface area contributed by atoms with Crippen LogP contribution in [0.15, 0.2) is 36.4 Å². The van der Waals surface area contributed by atoms with E-state index < -0.39 is 12.2 Å². The maximum absolute atomic E-state index is 14.1. The van der Waals surface area contributed by atoms with Gasteiger partial charge in [-0.1, -0.05) is 31.9 Å². The van der Waals surface area contributed by atoms with E-state index in [9.17, 15) is 14.0 Å². The molecule has 4 rings (SSSR count). The molecule has 2 aliphatic rings. The number of benzene rings is 2. The maximum atomic E-state index is 14.1. The van der Waals surface area contributed by atoms with Crippen LogP contribution in [0, 0.1) is 0 Å². The van der Waals surface area contributed by atoms with Crippen molar-refractivity contribution in [2.24, 2.45) is 0 Å². The number of hydrogen-bond donors (Lipinski definition) is 1. The second-order valence-electron chi connectivity index (χ2n) is 10.8. The van der Waals surface area contributed by atoms with Gasteiger partial charge in [0.2, 0.25) is 5.91 Å². The van der Waals surface area contributed by atoms with E-state index in [0.29, 0.717) is 56.6 Å². The fourth-order valence-electron chi connectivity index (χ4n) is 5.41. The van der Waals surface area contributed by atoms with Gasteiger partial charge >= 0.3 is 6.03 Å².